The molecule has 1 N–H and O–H groups in total. The van der Waals surface area contributed by atoms with Crippen LogP contribution in [0, 0.1) is 0 Å². The second-order valence-corrected chi connectivity index (χ2v) is 5.54. The molecule has 1 aromatic rings. The number of amides is 1. The zero-order chi connectivity index (χ0) is 12.3. The topological polar surface area (TPSA) is 32.3 Å². The van der Waals surface area contributed by atoms with Crippen molar-refractivity contribution in [1.29, 1.82) is 0 Å². The van der Waals surface area contributed by atoms with Crippen LogP contribution >= 0.6 is 11.3 Å². The van der Waals surface area contributed by atoms with Gasteiger partial charge >= 0.3 is 0 Å². The molecule has 1 amide bonds. The molecule has 92 valence electrons. The normalized spacial score (nSPS) is 25.4. The Morgan fingerprint density at radius 3 is 2.76 bits per heavy atom. The maximum atomic E-state index is 12.0. The van der Waals surface area contributed by atoms with Gasteiger partial charge in [0.25, 0.3) is 0 Å². The SMILES string of the molecule is CC1CN(C(=O)C=Cc2cccs2)CC(C)N1. The Balaban J connectivity index is 1.95. The van der Waals surface area contributed by atoms with Gasteiger partial charge in [-0.2, -0.15) is 0 Å². The van der Waals surface area contributed by atoms with E-state index in [1.807, 2.05) is 28.5 Å². The fourth-order valence-corrected chi connectivity index (χ4v) is 2.77. The molecule has 2 rings (SSSR count). The lowest BCUT2D eigenvalue weighted by molar-refractivity contribution is -0.127. The maximum Gasteiger partial charge on any atom is 0.246 e. The molecule has 1 aromatic heterocycles. The van der Waals surface area contributed by atoms with Gasteiger partial charge in [0.15, 0.2) is 0 Å². The summed E-state index contributed by atoms with van der Waals surface area (Å²) < 4.78 is 0. The van der Waals surface area contributed by atoms with E-state index in [1.54, 1.807) is 17.4 Å². The largest absolute Gasteiger partial charge is 0.336 e. The van der Waals surface area contributed by atoms with Crippen LogP contribution in [0.25, 0.3) is 6.08 Å². The molecule has 17 heavy (non-hydrogen) atoms. The Kier molecular flexibility index (Phi) is 3.97. The zero-order valence-corrected chi connectivity index (χ0v) is 11.0. The minimum atomic E-state index is 0.110. The van der Waals surface area contributed by atoms with Gasteiger partial charge in [0.2, 0.25) is 5.91 Å². The standard InChI is InChI=1S/C13H18N2OS/c1-10-8-15(9-11(2)14-10)13(16)6-5-12-4-3-7-17-12/h3-7,10-11,14H,8-9H2,1-2H3. The number of nitrogens with one attached hydrogen (secondary N) is 1. The van der Waals surface area contributed by atoms with Gasteiger partial charge in [0.1, 0.15) is 0 Å². The van der Waals surface area contributed by atoms with Gasteiger partial charge < -0.3 is 10.2 Å². The van der Waals surface area contributed by atoms with E-state index in [4.69, 9.17) is 0 Å². The van der Waals surface area contributed by atoms with E-state index in [0.717, 1.165) is 18.0 Å². The summed E-state index contributed by atoms with van der Waals surface area (Å²) in [6, 6.07) is 4.75. The molecule has 0 aliphatic carbocycles. The molecular weight excluding hydrogens is 232 g/mol. The number of hydrogen-bond acceptors (Lipinski definition) is 3. The summed E-state index contributed by atoms with van der Waals surface area (Å²) >= 11 is 1.64. The molecule has 1 saturated heterocycles. The Morgan fingerprint density at radius 2 is 2.18 bits per heavy atom. The van der Waals surface area contributed by atoms with E-state index in [1.165, 1.54) is 0 Å². The van der Waals surface area contributed by atoms with Crippen molar-refractivity contribution in [2.45, 2.75) is 25.9 Å². The molecule has 2 heterocycles. The second kappa shape index (κ2) is 5.47. The highest BCUT2D eigenvalue weighted by Crippen LogP contribution is 2.11. The van der Waals surface area contributed by atoms with Crippen molar-refractivity contribution >= 4 is 23.3 Å². The fourth-order valence-electron chi connectivity index (χ4n) is 2.15. The van der Waals surface area contributed by atoms with Gasteiger partial charge in [0.05, 0.1) is 0 Å². The molecule has 2 atom stereocenters. The van der Waals surface area contributed by atoms with Crippen molar-refractivity contribution in [1.82, 2.24) is 10.2 Å². The average Bonchev–Trinajstić information content (AvgIpc) is 2.77. The number of rotatable bonds is 2. The molecule has 0 aromatic carbocycles. The van der Waals surface area contributed by atoms with Crippen molar-refractivity contribution in [3.05, 3.63) is 28.5 Å². The molecule has 1 aliphatic rings. The monoisotopic (exact) mass is 250 g/mol. The van der Waals surface area contributed by atoms with Crippen molar-refractivity contribution in [3.63, 3.8) is 0 Å². The summed E-state index contributed by atoms with van der Waals surface area (Å²) in [5.41, 5.74) is 0. The molecule has 0 spiro atoms. The first-order chi connectivity index (χ1) is 8.15. The highest BCUT2D eigenvalue weighted by Gasteiger charge is 2.23. The third-order valence-electron chi connectivity index (χ3n) is 2.80. The van der Waals surface area contributed by atoms with Crippen LogP contribution in [0.15, 0.2) is 23.6 Å². The first-order valence-electron chi connectivity index (χ1n) is 5.91. The fraction of sp³-hybridized carbons (Fsp3) is 0.462. The van der Waals surface area contributed by atoms with Crippen LogP contribution in [0.4, 0.5) is 0 Å². The minimum Gasteiger partial charge on any atom is -0.336 e. The molecule has 3 nitrogen and oxygen atoms in total. The molecule has 1 aliphatic heterocycles. The smallest absolute Gasteiger partial charge is 0.246 e. The Labute approximate surface area is 106 Å². The van der Waals surface area contributed by atoms with E-state index < -0.39 is 0 Å². The van der Waals surface area contributed by atoms with Crippen molar-refractivity contribution in [2.75, 3.05) is 13.1 Å². The lowest BCUT2D eigenvalue weighted by Crippen LogP contribution is -2.55. The van der Waals surface area contributed by atoms with E-state index in [-0.39, 0.29) is 5.91 Å². The predicted octanol–water partition coefficient (Wildman–Crippen LogP) is 1.97. The van der Waals surface area contributed by atoms with E-state index >= 15 is 0 Å². The number of thiophene rings is 1. The average molecular weight is 250 g/mol. The van der Waals surface area contributed by atoms with Crippen LogP contribution in [-0.4, -0.2) is 36.0 Å². The van der Waals surface area contributed by atoms with Gasteiger partial charge in [-0.3, -0.25) is 4.79 Å². The van der Waals surface area contributed by atoms with Crippen LogP contribution in [-0.2, 0) is 4.79 Å². The Morgan fingerprint density at radius 1 is 1.47 bits per heavy atom. The summed E-state index contributed by atoms with van der Waals surface area (Å²) in [6.45, 7) is 5.80. The first kappa shape index (κ1) is 12.3. The number of nitrogens with zero attached hydrogens (tertiary/aromatic N) is 1. The van der Waals surface area contributed by atoms with Gasteiger partial charge in [-0.25, -0.2) is 0 Å². The number of hydrogen-bond donors (Lipinski definition) is 1. The van der Waals surface area contributed by atoms with Gasteiger partial charge in [-0.1, -0.05) is 6.07 Å². The van der Waals surface area contributed by atoms with Gasteiger partial charge in [-0.15, -0.1) is 11.3 Å². The highest BCUT2D eigenvalue weighted by atomic mass is 32.1. The molecule has 0 bridgehead atoms. The summed E-state index contributed by atoms with van der Waals surface area (Å²) in [4.78, 5) is 15.0. The van der Waals surface area contributed by atoms with Crippen molar-refractivity contribution in [2.24, 2.45) is 0 Å². The third-order valence-corrected chi connectivity index (χ3v) is 3.64. The number of carbonyl (C=O) groups is 1. The third kappa shape index (κ3) is 3.41. The van der Waals surface area contributed by atoms with E-state index in [2.05, 4.69) is 19.2 Å². The van der Waals surface area contributed by atoms with Gasteiger partial charge in [0, 0.05) is 36.1 Å². The minimum absolute atomic E-state index is 0.110. The molecule has 0 radical (unpaired) electrons. The van der Waals surface area contributed by atoms with Crippen LogP contribution in [0.5, 0.6) is 0 Å². The maximum absolute atomic E-state index is 12.0. The number of carbonyl (C=O) groups excluding carboxylic acids is 1. The van der Waals surface area contributed by atoms with Crippen LogP contribution < -0.4 is 5.32 Å². The lowest BCUT2D eigenvalue weighted by atomic mass is 10.1. The molecule has 2 unspecified atom stereocenters. The second-order valence-electron chi connectivity index (χ2n) is 4.56. The summed E-state index contributed by atoms with van der Waals surface area (Å²) in [5, 5.41) is 5.43. The van der Waals surface area contributed by atoms with E-state index in [9.17, 15) is 4.79 Å². The quantitative estimate of drug-likeness (QED) is 0.814. The summed E-state index contributed by atoms with van der Waals surface area (Å²) in [7, 11) is 0. The predicted molar refractivity (Wildman–Crippen MR) is 72.0 cm³/mol. The van der Waals surface area contributed by atoms with E-state index in [0.29, 0.717) is 12.1 Å². The molecule has 0 saturated carbocycles. The van der Waals surface area contributed by atoms with Crippen LogP contribution in [0.1, 0.15) is 18.7 Å². The Bertz CT molecular complexity index is 390. The Hall–Kier alpha value is -1.13. The zero-order valence-electron chi connectivity index (χ0n) is 10.2. The molecule has 1 fully saturated rings. The summed E-state index contributed by atoms with van der Waals surface area (Å²) in [6.07, 6.45) is 3.57. The van der Waals surface area contributed by atoms with Crippen LogP contribution in [0.3, 0.4) is 0 Å². The highest BCUT2D eigenvalue weighted by molar-refractivity contribution is 7.10. The van der Waals surface area contributed by atoms with Crippen molar-refractivity contribution in [3.8, 4) is 0 Å². The molecule has 4 heteroatoms. The summed E-state index contributed by atoms with van der Waals surface area (Å²) in [5.74, 6) is 0.110. The lowest BCUT2D eigenvalue weighted by Gasteiger charge is -2.35. The first-order valence-corrected chi connectivity index (χ1v) is 6.79. The number of piperazine rings is 1. The molecular formula is C13H18N2OS. The van der Waals surface area contributed by atoms with Crippen LogP contribution in [0.2, 0.25) is 0 Å². The van der Waals surface area contributed by atoms with Gasteiger partial charge in [-0.05, 0) is 31.4 Å². The van der Waals surface area contributed by atoms with Crippen molar-refractivity contribution < 1.29 is 4.79 Å².